The van der Waals surface area contributed by atoms with Gasteiger partial charge in [0.2, 0.25) is 0 Å². The van der Waals surface area contributed by atoms with Gasteiger partial charge in [0.15, 0.2) is 0 Å². The lowest BCUT2D eigenvalue weighted by Gasteiger charge is -2.07. The molecular formula is C25H17NO. The van der Waals surface area contributed by atoms with Gasteiger partial charge in [0, 0.05) is 22.7 Å². The van der Waals surface area contributed by atoms with E-state index in [9.17, 15) is 4.79 Å². The van der Waals surface area contributed by atoms with Gasteiger partial charge < -0.3 is 0 Å². The minimum absolute atomic E-state index is 0.00909. The normalized spacial score (nSPS) is 11.1. The Morgan fingerprint density at radius 2 is 1.30 bits per heavy atom. The van der Waals surface area contributed by atoms with Crippen molar-refractivity contribution in [1.82, 2.24) is 4.57 Å². The van der Waals surface area contributed by atoms with E-state index < -0.39 is 0 Å². The Labute approximate surface area is 157 Å². The standard InChI is InChI=1S/C25H17NO/c27-25(22-15-8-12-18-11-4-5-13-20(18)22)26-17-23(19-9-2-1-3-10-19)21-14-6-7-16-24(21)26/h1-17H. The molecule has 0 aliphatic carbocycles. The fraction of sp³-hybridized carbons (Fsp3) is 0. The predicted octanol–water partition coefficient (Wildman–Crippen LogP) is 6.15. The maximum absolute atomic E-state index is 13.5. The fourth-order valence-corrected chi connectivity index (χ4v) is 3.74. The van der Waals surface area contributed by atoms with Crippen molar-refractivity contribution in [1.29, 1.82) is 0 Å². The molecule has 128 valence electrons. The summed E-state index contributed by atoms with van der Waals surface area (Å²) in [6.45, 7) is 0. The Balaban J connectivity index is 1.75. The molecule has 0 atom stereocenters. The summed E-state index contributed by atoms with van der Waals surface area (Å²) < 4.78 is 1.78. The van der Waals surface area contributed by atoms with Crippen molar-refractivity contribution in [2.75, 3.05) is 0 Å². The third-order valence-corrected chi connectivity index (χ3v) is 5.04. The molecule has 27 heavy (non-hydrogen) atoms. The maximum Gasteiger partial charge on any atom is 0.263 e. The molecule has 0 saturated carbocycles. The van der Waals surface area contributed by atoms with E-state index in [2.05, 4.69) is 18.2 Å². The number of carbonyl (C=O) groups is 1. The van der Waals surface area contributed by atoms with Crippen LogP contribution in [-0.2, 0) is 0 Å². The summed E-state index contributed by atoms with van der Waals surface area (Å²) in [4.78, 5) is 13.5. The zero-order chi connectivity index (χ0) is 18.2. The molecule has 0 N–H and O–H groups in total. The van der Waals surface area contributed by atoms with E-state index >= 15 is 0 Å². The van der Waals surface area contributed by atoms with Crippen LogP contribution in [0, 0.1) is 0 Å². The highest BCUT2D eigenvalue weighted by atomic mass is 16.2. The summed E-state index contributed by atoms with van der Waals surface area (Å²) in [6, 6.07) is 32.2. The molecule has 5 aromatic rings. The molecule has 0 fully saturated rings. The second-order valence-electron chi connectivity index (χ2n) is 6.63. The number of fused-ring (bicyclic) bond motifs is 2. The molecule has 0 amide bonds. The summed E-state index contributed by atoms with van der Waals surface area (Å²) in [5, 5.41) is 3.13. The zero-order valence-electron chi connectivity index (χ0n) is 14.7. The lowest BCUT2D eigenvalue weighted by molar-refractivity contribution is 0.0966. The SMILES string of the molecule is O=C(c1cccc2ccccc12)n1cc(-c2ccccc2)c2ccccc21. The predicted molar refractivity (Wildman–Crippen MR) is 111 cm³/mol. The van der Waals surface area contributed by atoms with E-state index in [0.717, 1.165) is 32.8 Å². The number of nitrogens with zero attached hydrogens (tertiary/aromatic N) is 1. The molecule has 0 saturated heterocycles. The molecule has 0 spiro atoms. The Kier molecular flexibility index (Phi) is 3.61. The number of para-hydroxylation sites is 1. The lowest BCUT2D eigenvalue weighted by Crippen LogP contribution is -2.11. The van der Waals surface area contributed by atoms with Crippen molar-refractivity contribution in [2.24, 2.45) is 0 Å². The zero-order valence-corrected chi connectivity index (χ0v) is 14.7. The fourth-order valence-electron chi connectivity index (χ4n) is 3.74. The number of rotatable bonds is 2. The van der Waals surface area contributed by atoms with Crippen LogP contribution in [0.5, 0.6) is 0 Å². The van der Waals surface area contributed by atoms with E-state index in [1.54, 1.807) is 4.57 Å². The lowest BCUT2D eigenvalue weighted by atomic mass is 10.0. The molecule has 1 heterocycles. The monoisotopic (exact) mass is 347 g/mol. The van der Waals surface area contributed by atoms with Gasteiger partial charge in [0.05, 0.1) is 5.52 Å². The molecule has 0 aliphatic rings. The van der Waals surface area contributed by atoms with E-state index in [-0.39, 0.29) is 5.91 Å². The average Bonchev–Trinajstić information content (AvgIpc) is 3.13. The summed E-state index contributed by atoms with van der Waals surface area (Å²) in [5.41, 5.74) is 3.82. The molecule has 0 aliphatic heterocycles. The molecule has 2 heteroatoms. The molecule has 5 rings (SSSR count). The first kappa shape index (κ1) is 15.6. The first-order chi connectivity index (χ1) is 13.3. The summed E-state index contributed by atoms with van der Waals surface area (Å²) in [6.07, 6.45) is 1.96. The first-order valence-electron chi connectivity index (χ1n) is 9.01. The summed E-state index contributed by atoms with van der Waals surface area (Å²) in [7, 11) is 0. The number of aromatic nitrogens is 1. The Bertz CT molecular complexity index is 1280. The highest BCUT2D eigenvalue weighted by Crippen LogP contribution is 2.31. The smallest absolute Gasteiger partial charge is 0.263 e. The quantitative estimate of drug-likeness (QED) is 0.375. The topological polar surface area (TPSA) is 22.0 Å². The minimum Gasteiger partial charge on any atom is -0.283 e. The molecule has 4 aromatic carbocycles. The number of carbonyl (C=O) groups excluding carboxylic acids is 1. The second kappa shape index (κ2) is 6.26. The van der Waals surface area contributed by atoms with Gasteiger partial charge in [-0.05, 0) is 28.5 Å². The van der Waals surface area contributed by atoms with Crippen LogP contribution in [-0.4, -0.2) is 10.5 Å². The van der Waals surface area contributed by atoms with Crippen molar-refractivity contribution >= 4 is 27.6 Å². The Hall–Kier alpha value is -3.65. The largest absolute Gasteiger partial charge is 0.283 e. The summed E-state index contributed by atoms with van der Waals surface area (Å²) >= 11 is 0. The van der Waals surface area contributed by atoms with Crippen LogP contribution in [0.2, 0.25) is 0 Å². The highest BCUT2D eigenvalue weighted by molar-refractivity contribution is 6.12. The average molecular weight is 347 g/mol. The van der Waals surface area contributed by atoms with Gasteiger partial charge in [-0.3, -0.25) is 9.36 Å². The van der Waals surface area contributed by atoms with Crippen LogP contribution in [0.3, 0.4) is 0 Å². The molecule has 0 radical (unpaired) electrons. The first-order valence-corrected chi connectivity index (χ1v) is 9.01. The van der Waals surface area contributed by atoms with Crippen LogP contribution < -0.4 is 0 Å². The number of hydrogen-bond acceptors (Lipinski definition) is 1. The Morgan fingerprint density at radius 3 is 2.15 bits per heavy atom. The third kappa shape index (κ3) is 2.54. The molecule has 0 bridgehead atoms. The van der Waals surface area contributed by atoms with E-state index in [1.807, 2.05) is 85.1 Å². The van der Waals surface area contributed by atoms with Crippen molar-refractivity contribution in [2.45, 2.75) is 0 Å². The van der Waals surface area contributed by atoms with Crippen molar-refractivity contribution in [3.05, 3.63) is 109 Å². The van der Waals surface area contributed by atoms with Crippen LogP contribution in [0.4, 0.5) is 0 Å². The van der Waals surface area contributed by atoms with Gasteiger partial charge >= 0.3 is 0 Å². The number of benzene rings is 4. The van der Waals surface area contributed by atoms with Crippen LogP contribution >= 0.6 is 0 Å². The van der Waals surface area contributed by atoms with Gasteiger partial charge in [-0.2, -0.15) is 0 Å². The highest BCUT2D eigenvalue weighted by Gasteiger charge is 2.17. The van der Waals surface area contributed by atoms with Gasteiger partial charge in [-0.15, -0.1) is 0 Å². The summed E-state index contributed by atoms with van der Waals surface area (Å²) in [5.74, 6) is -0.00909. The second-order valence-corrected chi connectivity index (χ2v) is 6.63. The molecular weight excluding hydrogens is 330 g/mol. The van der Waals surface area contributed by atoms with E-state index in [4.69, 9.17) is 0 Å². The molecule has 2 nitrogen and oxygen atoms in total. The van der Waals surface area contributed by atoms with Crippen molar-refractivity contribution in [3.8, 4) is 11.1 Å². The van der Waals surface area contributed by atoms with E-state index in [1.165, 1.54) is 0 Å². The van der Waals surface area contributed by atoms with Gasteiger partial charge in [-0.1, -0.05) is 84.9 Å². The van der Waals surface area contributed by atoms with Gasteiger partial charge in [0.25, 0.3) is 5.91 Å². The minimum atomic E-state index is -0.00909. The molecule has 0 unspecified atom stereocenters. The van der Waals surface area contributed by atoms with Crippen molar-refractivity contribution < 1.29 is 4.79 Å². The Morgan fingerprint density at radius 1 is 0.630 bits per heavy atom. The van der Waals surface area contributed by atoms with E-state index in [0.29, 0.717) is 5.56 Å². The third-order valence-electron chi connectivity index (χ3n) is 5.04. The number of hydrogen-bond donors (Lipinski definition) is 0. The van der Waals surface area contributed by atoms with Crippen molar-refractivity contribution in [3.63, 3.8) is 0 Å². The molecule has 1 aromatic heterocycles. The van der Waals surface area contributed by atoms with Crippen LogP contribution in [0.15, 0.2) is 103 Å². The van der Waals surface area contributed by atoms with Gasteiger partial charge in [0.1, 0.15) is 0 Å². The van der Waals surface area contributed by atoms with Gasteiger partial charge in [-0.25, -0.2) is 0 Å². The van der Waals surface area contributed by atoms with Crippen LogP contribution in [0.1, 0.15) is 10.4 Å². The maximum atomic E-state index is 13.5. The van der Waals surface area contributed by atoms with Crippen LogP contribution in [0.25, 0.3) is 32.8 Å².